The number of anilines is 1. The van der Waals surface area contributed by atoms with E-state index in [1.165, 1.54) is 10.3 Å². The molecule has 5 nitrogen and oxygen atoms in total. The Balaban J connectivity index is 1.99. The van der Waals surface area contributed by atoms with E-state index < -0.39 is 0 Å². The lowest BCUT2D eigenvalue weighted by atomic mass is 10.0. The number of ether oxygens (including phenoxy) is 1. The van der Waals surface area contributed by atoms with Crippen molar-refractivity contribution in [3.05, 3.63) is 42.4 Å². The standard InChI is InChI=1S/C16H15FN4OS/c17-23-21-8-12(13-5-2-6-22-13)14-15(19-9-20-16(14)21)10-3-1-4-11(18)7-10/h1,3-4,7-9,13H,2,5-6,18H2. The van der Waals surface area contributed by atoms with Crippen LogP contribution in [0.2, 0.25) is 0 Å². The maximum Gasteiger partial charge on any atom is 0.171 e. The number of aromatic nitrogens is 3. The third kappa shape index (κ3) is 2.46. The zero-order valence-electron chi connectivity index (χ0n) is 12.3. The van der Waals surface area contributed by atoms with Crippen LogP contribution in [0.5, 0.6) is 0 Å². The van der Waals surface area contributed by atoms with Gasteiger partial charge in [-0.15, -0.1) is 3.89 Å². The van der Waals surface area contributed by atoms with Crippen LogP contribution in [0.1, 0.15) is 24.5 Å². The summed E-state index contributed by atoms with van der Waals surface area (Å²) in [5, 5.41) is 0.829. The maximum atomic E-state index is 13.3. The summed E-state index contributed by atoms with van der Waals surface area (Å²) in [6, 6.07) is 7.51. The molecule has 1 aliphatic rings. The first-order valence-electron chi connectivity index (χ1n) is 7.40. The van der Waals surface area contributed by atoms with E-state index in [0.29, 0.717) is 11.3 Å². The zero-order chi connectivity index (χ0) is 15.8. The third-order valence-corrected chi connectivity index (χ3v) is 4.52. The van der Waals surface area contributed by atoms with Gasteiger partial charge in [0.1, 0.15) is 6.33 Å². The normalized spacial score (nSPS) is 17.9. The van der Waals surface area contributed by atoms with Crippen molar-refractivity contribution in [3.63, 3.8) is 0 Å². The van der Waals surface area contributed by atoms with Crippen LogP contribution < -0.4 is 5.73 Å². The van der Waals surface area contributed by atoms with Gasteiger partial charge in [-0.05, 0) is 25.0 Å². The summed E-state index contributed by atoms with van der Waals surface area (Å²) >= 11 is 0.131. The maximum absolute atomic E-state index is 13.3. The molecule has 0 spiro atoms. The molecule has 3 aromatic rings. The number of nitrogens with two attached hydrogens (primary N) is 1. The first-order chi connectivity index (χ1) is 11.3. The van der Waals surface area contributed by atoms with Crippen molar-refractivity contribution in [1.82, 2.24) is 13.9 Å². The Kier molecular flexibility index (Phi) is 3.66. The molecular formula is C16H15FN4OS. The number of fused-ring (bicyclic) bond motifs is 1. The highest BCUT2D eigenvalue weighted by atomic mass is 32.2. The van der Waals surface area contributed by atoms with Gasteiger partial charge in [0, 0.05) is 29.6 Å². The van der Waals surface area contributed by atoms with Crippen LogP contribution in [0.4, 0.5) is 9.57 Å². The van der Waals surface area contributed by atoms with E-state index in [1.54, 1.807) is 6.20 Å². The minimum Gasteiger partial charge on any atom is -0.399 e. The number of hydrogen-bond acceptors (Lipinski definition) is 5. The Morgan fingerprint density at radius 1 is 1.35 bits per heavy atom. The SMILES string of the molecule is Nc1cccc(-c2ncnc3c2c(C2CCCO2)cn3SF)c1. The Morgan fingerprint density at radius 3 is 3.00 bits per heavy atom. The zero-order valence-corrected chi connectivity index (χ0v) is 13.1. The smallest absolute Gasteiger partial charge is 0.171 e. The lowest BCUT2D eigenvalue weighted by Crippen LogP contribution is -1.97. The molecule has 23 heavy (non-hydrogen) atoms. The van der Waals surface area contributed by atoms with Gasteiger partial charge in [-0.2, -0.15) is 0 Å². The van der Waals surface area contributed by atoms with Crippen LogP contribution in [-0.2, 0) is 4.74 Å². The van der Waals surface area contributed by atoms with Gasteiger partial charge in [-0.1, -0.05) is 12.1 Å². The minimum absolute atomic E-state index is 0.0447. The molecule has 1 fully saturated rings. The van der Waals surface area contributed by atoms with Crippen LogP contribution in [0.15, 0.2) is 36.8 Å². The first-order valence-corrected chi connectivity index (χ1v) is 8.08. The van der Waals surface area contributed by atoms with Crippen molar-refractivity contribution < 1.29 is 8.62 Å². The molecule has 0 radical (unpaired) electrons. The summed E-state index contributed by atoms with van der Waals surface area (Å²) in [4.78, 5) is 8.69. The van der Waals surface area contributed by atoms with Crippen LogP contribution in [0, 0.1) is 0 Å². The molecule has 0 bridgehead atoms. The van der Waals surface area contributed by atoms with E-state index in [9.17, 15) is 3.89 Å². The van der Waals surface area contributed by atoms with Gasteiger partial charge in [0.05, 0.1) is 17.2 Å². The summed E-state index contributed by atoms with van der Waals surface area (Å²) in [5.74, 6) is 0. The van der Waals surface area contributed by atoms with Crippen LogP contribution in [-0.4, -0.2) is 20.5 Å². The van der Waals surface area contributed by atoms with Crippen molar-refractivity contribution in [2.45, 2.75) is 18.9 Å². The molecule has 2 N–H and O–H groups in total. The molecule has 1 aromatic carbocycles. The molecule has 1 unspecified atom stereocenters. The molecule has 1 saturated heterocycles. The highest BCUT2D eigenvalue weighted by molar-refractivity contribution is 7.92. The highest BCUT2D eigenvalue weighted by Gasteiger charge is 2.25. The van der Waals surface area contributed by atoms with E-state index in [-0.39, 0.29) is 18.4 Å². The Labute approximate surface area is 137 Å². The predicted octanol–water partition coefficient (Wildman–Crippen LogP) is 3.91. The van der Waals surface area contributed by atoms with E-state index in [0.717, 1.165) is 41.7 Å². The van der Waals surface area contributed by atoms with E-state index >= 15 is 0 Å². The van der Waals surface area contributed by atoms with E-state index in [1.807, 2.05) is 24.3 Å². The number of halogens is 1. The highest BCUT2D eigenvalue weighted by Crippen LogP contribution is 2.39. The second-order valence-corrected chi connectivity index (χ2v) is 6.06. The van der Waals surface area contributed by atoms with Gasteiger partial charge < -0.3 is 10.5 Å². The van der Waals surface area contributed by atoms with Crippen LogP contribution in [0.25, 0.3) is 22.3 Å². The Hall–Kier alpha value is -2.12. The fourth-order valence-corrected chi connectivity index (χ4v) is 3.44. The molecule has 2 aromatic heterocycles. The molecule has 4 rings (SSSR count). The van der Waals surface area contributed by atoms with Crippen molar-refractivity contribution in [2.24, 2.45) is 0 Å². The molecule has 118 valence electrons. The molecular weight excluding hydrogens is 315 g/mol. The second-order valence-electron chi connectivity index (χ2n) is 5.53. The van der Waals surface area contributed by atoms with E-state index in [4.69, 9.17) is 10.5 Å². The quantitative estimate of drug-likeness (QED) is 0.738. The Morgan fingerprint density at radius 2 is 2.26 bits per heavy atom. The average Bonchev–Trinajstić information content (AvgIpc) is 3.21. The van der Waals surface area contributed by atoms with Crippen molar-refractivity contribution in [1.29, 1.82) is 0 Å². The van der Waals surface area contributed by atoms with Crippen LogP contribution >= 0.6 is 12.3 Å². The number of hydrogen-bond donors (Lipinski definition) is 1. The summed E-state index contributed by atoms with van der Waals surface area (Å²) in [5.41, 5.74) is 9.67. The number of nitrogen functional groups attached to an aromatic ring is 1. The molecule has 0 amide bonds. The summed E-state index contributed by atoms with van der Waals surface area (Å²) in [6.07, 6.45) is 5.09. The minimum atomic E-state index is -0.0447. The van der Waals surface area contributed by atoms with Crippen molar-refractivity contribution in [2.75, 3.05) is 12.3 Å². The Bertz CT molecular complexity index is 860. The fourth-order valence-electron chi connectivity index (χ4n) is 3.09. The molecule has 1 aliphatic heterocycles. The van der Waals surface area contributed by atoms with Crippen molar-refractivity contribution >= 4 is 29.1 Å². The van der Waals surface area contributed by atoms with Gasteiger partial charge in [0.2, 0.25) is 0 Å². The third-order valence-electron chi connectivity index (χ3n) is 4.09. The average molecular weight is 330 g/mol. The van der Waals surface area contributed by atoms with Gasteiger partial charge in [-0.3, -0.25) is 0 Å². The predicted molar refractivity (Wildman–Crippen MR) is 89.4 cm³/mol. The topological polar surface area (TPSA) is 66.0 Å². The number of benzene rings is 1. The van der Waals surface area contributed by atoms with E-state index in [2.05, 4.69) is 9.97 Å². The lowest BCUT2D eigenvalue weighted by molar-refractivity contribution is 0.113. The monoisotopic (exact) mass is 330 g/mol. The molecule has 0 aliphatic carbocycles. The second kappa shape index (κ2) is 5.82. The van der Waals surface area contributed by atoms with Crippen molar-refractivity contribution in [3.8, 4) is 11.3 Å². The number of nitrogens with zero attached hydrogens (tertiary/aromatic N) is 3. The fraction of sp³-hybridized carbons (Fsp3) is 0.250. The van der Waals surface area contributed by atoms with Gasteiger partial charge in [0.15, 0.2) is 18.0 Å². The molecule has 0 saturated carbocycles. The molecule has 1 atom stereocenters. The lowest BCUT2D eigenvalue weighted by Gasteiger charge is -2.10. The summed E-state index contributed by atoms with van der Waals surface area (Å²) in [6.45, 7) is 0.724. The summed E-state index contributed by atoms with van der Waals surface area (Å²) < 4.78 is 20.5. The molecule has 3 heterocycles. The van der Waals surface area contributed by atoms with Gasteiger partial charge >= 0.3 is 0 Å². The molecule has 7 heteroatoms. The number of rotatable bonds is 3. The van der Waals surface area contributed by atoms with Gasteiger partial charge in [-0.25, -0.2) is 13.9 Å². The largest absolute Gasteiger partial charge is 0.399 e. The first kappa shape index (κ1) is 14.5. The van der Waals surface area contributed by atoms with Gasteiger partial charge in [0.25, 0.3) is 0 Å². The van der Waals surface area contributed by atoms with Crippen LogP contribution in [0.3, 0.4) is 0 Å². The summed E-state index contributed by atoms with van der Waals surface area (Å²) in [7, 11) is 0.